The van der Waals surface area contributed by atoms with Crippen LogP contribution in [0.2, 0.25) is 0 Å². The molecule has 0 unspecified atom stereocenters. The van der Waals surface area contributed by atoms with E-state index >= 15 is 0 Å². The van der Waals surface area contributed by atoms with Crippen LogP contribution >= 0.6 is 0 Å². The van der Waals surface area contributed by atoms with Gasteiger partial charge in [0.1, 0.15) is 5.75 Å². The fourth-order valence-corrected chi connectivity index (χ4v) is 2.96. The van der Waals surface area contributed by atoms with Gasteiger partial charge in [0.05, 0.1) is 7.11 Å². The number of piperazine rings is 1. The summed E-state index contributed by atoms with van der Waals surface area (Å²) in [5.74, 6) is 2.44. The maximum absolute atomic E-state index is 12.6. The molecule has 0 saturated carbocycles. The summed E-state index contributed by atoms with van der Waals surface area (Å²) in [6.07, 6.45) is 0. The number of urea groups is 1. The highest BCUT2D eigenvalue weighted by Crippen LogP contribution is 2.22. The summed E-state index contributed by atoms with van der Waals surface area (Å²) < 4.78 is 5.20. The molecule has 0 radical (unpaired) electrons. The smallest absolute Gasteiger partial charge is 0.321 e. The van der Waals surface area contributed by atoms with Gasteiger partial charge >= 0.3 is 6.03 Å². The van der Waals surface area contributed by atoms with Gasteiger partial charge in [-0.2, -0.15) is 0 Å². The number of aryl methyl sites for hydroxylation is 1. The van der Waals surface area contributed by atoms with E-state index in [1.54, 1.807) is 7.11 Å². The third-order valence-corrected chi connectivity index (χ3v) is 4.66. The molecule has 0 aliphatic carbocycles. The lowest BCUT2D eigenvalue weighted by Crippen LogP contribution is -2.50. The molecule has 1 saturated heterocycles. The van der Waals surface area contributed by atoms with Gasteiger partial charge in [0, 0.05) is 46.0 Å². The molecule has 2 heterocycles. The minimum atomic E-state index is -0.0862. The third-order valence-electron chi connectivity index (χ3n) is 4.66. The molecular formula is C19H26N6O2. The van der Waals surface area contributed by atoms with Crippen molar-refractivity contribution in [3.8, 4) is 5.75 Å². The predicted octanol–water partition coefficient (Wildman–Crippen LogP) is 2.21. The first kappa shape index (κ1) is 18.8. The van der Waals surface area contributed by atoms with Crippen LogP contribution in [-0.2, 0) is 0 Å². The Labute approximate surface area is 159 Å². The Balaban J connectivity index is 1.56. The van der Waals surface area contributed by atoms with E-state index in [1.165, 1.54) is 0 Å². The number of rotatable bonds is 4. The van der Waals surface area contributed by atoms with E-state index in [4.69, 9.17) is 4.74 Å². The van der Waals surface area contributed by atoms with E-state index in [0.717, 1.165) is 41.7 Å². The first-order chi connectivity index (χ1) is 13.0. The second kappa shape index (κ2) is 8.11. The molecule has 8 heteroatoms. The van der Waals surface area contributed by atoms with Crippen molar-refractivity contribution in [1.82, 2.24) is 15.1 Å². The van der Waals surface area contributed by atoms with Crippen molar-refractivity contribution in [2.24, 2.45) is 0 Å². The Bertz CT molecular complexity index is 785. The van der Waals surface area contributed by atoms with E-state index in [9.17, 15) is 4.79 Å². The average molecular weight is 370 g/mol. The Hall–Kier alpha value is -3.03. The highest BCUT2D eigenvalue weighted by Gasteiger charge is 2.22. The molecule has 1 aliphatic rings. The fourth-order valence-electron chi connectivity index (χ4n) is 2.96. The van der Waals surface area contributed by atoms with E-state index in [0.29, 0.717) is 13.1 Å². The number of hydrogen-bond acceptors (Lipinski definition) is 6. The summed E-state index contributed by atoms with van der Waals surface area (Å²) in [4.78, 5) is 18.5. The lowest BCUT2D eigenvalue weighted by molar-refractivity contribution is 0.208. The summed E-state index contributed by atoms with van der Waals surface area (Å²) in [7, 11) is 5.50. The van der Waals surface area contributed by atoms with Crippen LogP contribution in [-0.4, -0.2) is 68.5 Å². The zero-order valence-electron chi connectivity index (χ0n) is 16.3. The van der Waals surface area contributed by atoms with Crippen LogP contribution in [0.5, 0.6) is 5.75 Å². The number of amides is 2. The maximum Gasteiger partial charge on any atom is 0.321 e. The fraction of sp³-hybridized carbons (Fsp3) is 0.421. The first-order valence-corrected chi connectivity index (χ1v) is 8.94. The molecule has 8 nitrogen and oxygen atoms in total. The molecule has 0 spiro atoms. The summed E-state index contributed by atoms with van der Waals surface area (Å²) in [5, 5.41) is 11.5. The van der Waals surface area contributed by atoms with Gasteiger partial charge in [-0.3, -0.25) is 0 Å². The lowest BCUT2D eigenvalue weighted by atomic mass is 10.2. The zero-order valence-corrected chi connectivity index (χ0v) is 16.3. The van der Waals surface area contributed by atoms with Crippen LogP contribution in [0.15, 0.2) is 30.3 Å². The van der Waals surface area contributed by atoms with E-state index < -0.39 is 0 Å². The summed E-state index contributed by atoms with van der Waals surface area (Å²) >= 11 is 0. The Morgan fingerprint density at radius 1 is 1.11 bits per heavy atom. The first-order valence-electron chi connectivity index (χ1n) is 8.94. The van der Waals surface area contributed by atoms with Crippen LogP contribution < -0.4 is 19.9 Å². The largest absolute Gasteiger partial charge is 0.497 e. The second-order valence-corrected chi connectivity index (χ2v) is 6.73. The van der Waals surface area contributed by atoms with Crippen molar-refractivity contribution in [2.75, 3.05) is 62.5 Å². The van der Waals surface area contributed by atoms with E-state index in [2.05, 4.69) is 20.4 Å². The molecule has 2 aromatic rings. The van der Waals surface area contributed by atoms with Crippen LogP contribution in [0.4, 0.5) is 22.1 Å². The molecule has 144 valence electrons. The SMILES string of the molecule is COc1ccc(NC(=O)N2CCN(c3ccc(N(C)C)nn3)CC2)c(C)c1. The van der Waals surface area contributed by atoms with Crippen molar-refractivity contribution in [1.29, 1.82) is 0 Å². The molecule has 1 aromatic carbocycles. The molecule has 1 fully saturated rings. The van der Waals surface area contributed by atoms with Crippen molar-refractivity contribution in [2.45, 2.75) is 6.92 Å². The van der Waals surface area contributed by atoms with Crippen molar-refractivity contribution < 1.29 is 9.53 Å². The summed E-state index contributed by atoms with van der Waals surface area (Å²) in [6.45, 7) is 4.68. The van der Waals surface area contributed by atoms with Gasteiger partial charge < -0.3 is 24.8 Å². The number of nitrogens with zero attached hydrogens (tertiary/aromatic N) is 5. The van der Waals surface area contributed by atoms with Crippen LogP contribution in [0.25, 0.3) is 0 Å². The number of ether oxygens (including phenoxy) is 1. The van der Waals surface area contributed by atoms with Gasteiger partial charge in [0.15, 0.2) is 11.6 Å². The summed E-state index contributed by atoms with van der Waals surface area (Å²) in [5.41, 5.74) is 1.77. The maximum atomic E-state index is 12.6. The number of nitrogens with one attached hydrogen (secondary N) is 1. The lowest BCUT2D eigenvalue weighted by Gasteiger charge is -2.35. The number of aromatic nitrogens is 2. The van der Waals surface area contributed by atoms with Gasteiger partial charge in [-0.05, 0) is 42.8 Å². The summed E-state index contributed by atoms with van der Waals surface area (Å²) in [6, 6.07) is 9.45. The van der Waals surface area contributed by atoms with Crippen molar-refractivity contribution >= 4 is 23.4 Å². The third kappa shape index (κ3) is 4.39. The molecule has 1 N–H and O–H groups in total. The highest BCUT2D eigenvalue weighted by atomic mass is 16.5. The molecule has 27 heavy (non-hydrogen) atoms. The number of carbonyl (C=O) groups excluding carboxylic acids is 1. The quantitative estimate of drug-likeness (QED) is 0.890. The van der Waals surface area contributed by atoms with E-state index in [-0.39, 0.29) is 6.03 Å². The standard InChI is InChI=1S/C19H26N6O2/c1-14-13-15(27-4)5-6-16(14)20-19(26)25-11-9-24(10-12-25)18-8-7-17(21-22-18)23(2)3/h5-8,13H,9-12H2,1-4H3,(H,20,26). The van der Waals surface area contributed by atoms with E-state index in [1.807, 2.05) is 61.2 Å². The van der Waals surface area contributed by atoms with Gasteiger partial charge in [0.25, 0.3) is 0 Å². The van der Waals surface area contributed by atoms with Crippen molar-refractivity contribution in [3.05, 3.63) is 35.9 Å². The normalized spacial score (nSPS) is 14.1. The van der Waals surface area contributed by atoms with Gasteiger partial charge in [0.2, 0.25) is 0 Å². The van der Waals surface area contributed by atoms with Gasteiger partial charge in [-0.1, -0.05) is 0 Å². The number of anilines is 3. The van der Waals surface area contributed by atoms with Gasteiger partial charge in [-0.15, -0.1) is 10.2 Å². The number of methoxy groups -OCH3 is 1. The van der Waals surface area contributed by atoms with Crippen LogP contribution in [0.1, 0.15) is 5.56 Å². The zero-order chi connectivity index (χ0) is 19.4. The minimum Gasteiger partial charge on any atom is -0.497 e. The Kier molecular flexibility index (Phi) is 5.63. The Morgan fingerprint density at radius 3 is 2.41 bits per heavy atom. The molecule has 0 bridgehead atoms. The average Bonchev–Trinajstić information content (AvgIpc) is 2.69. The number of hydrogen-bond donors (Lipinski definition) is 1. The molecule has 2 amide bonds. The second-order valence-electron chi connectivity index (χ2n) is 6.73. The predicted molar refractivity (Wildman–Crippen MR) is 107 cm³/mol. The van der Waals surface area contributed by atoms with Gasteiger partial charge in [-0.25, -0.2) is 4.79 Å². The Morgan fingerprint density at radius 2 is 1.85 bits per heavy atom. The topological polar surface area (TPSA) is 73.8 Å². The monoisotopic (exact) mass is 370 g/mol. The highest BCUT2D eigenvalue weighted by molar-refractivity contribution is 5.90. The number of carbonyl (C=O) groups is 1. The van der Waals surface area contributed by atoms with Crippen LogP contribution in [0, 0.1) is 6.92 Å². The molecule has 1 aromatic heterocycles. The van der Waals surface area contributed by atoms with Crippen molar-refractivity contribution in [3.63, 3.8) is 0 Å². The minimum absolute atomic E-state index is 0.0862. The molecule has 0 atom stereocenters. The molecule has 3 rings (SSSR count). The number of benzene rings is 1. The van der Waals surface area contributed by atoms with Crippen LogP contribution in [0.3, 0.4) is 0 Å². The molecular weight excluding hydrogens is 344 g/mol. The molecule has 1 aliphatic heterocycles.